The van der Waals surface area contributed by atoms with Gasteiger partial charge in [0.1, 0.15) is 6.04 Å². The first kappa shape index (κ1) is 18.4. The van der Waals surface area contributed by atoms with E-state index in [1.54, 1.807) is 6.07 Å². The first-order chi connectivity index (χ1) is 10.9. The Bertz CT molecular complexity index is 575. The third-order valence-corrected chi connectivity index (χ3v) is 3.41. The van der Waals surface area contributed by atoms with E-state index in [4.69, 9.17) is 4.74 Å². The van der Waals surface area contributed by atoms with E-state index in [1.807, 2.05) is 13.8 Å². The quantitative estimate of drug-likeness (QED) is 0.443. The lowest BCUT2D eigenvalue weighted by Crippen LogP contribution is -2.47. The highest BCUT2D eigenvalue weighted by Crippen LogP contribution is 2.25. The van der Waals surface area contributed by atoms with Crippen molar-refractivity contribution >= 4 is 17.6 Å². The number of carbonyl (C=O) groups excluding carboxylic acids is 2. The molecule has 1 aromatic carbocycles. The van der Waals surface area contributed by atoms with Crippen molar-refractivity contribution in [1.82, 2.24) is 5.32 Å². The Balaban J connectivity index is 2.69. The molecule has 0 saturated carbocycles. The zero-order valence-electron chi connectivity index (χ0n) is 13.3. The number of carbonyl (C=O) groups is 2. The molecule has 23 heavy (non-hydrogen) atoms. The number of rotatable bonds is 8. The number of methoxy groups -OCH3 is 1. The van der Waals surface area contributed by atoms with Gasteiger partial charge in [-0.3, -0.25) is 14.9 Å². The van der Waals surface area contributed by atoms with Crippen molar-refractivity contribution in [3.63, 3.8) is 0 Å². The van der Waals surface area contributed by atoms with E-state index in [9.17, 15) is 19.7 Å². The Labute approximate surface area is 133 Å². The van der Waals surface area contributed by atoms with Crippen LogP contribution >= 0.6 is 0 Å². The number of hydrogen-bond acceptors (Lipinski definition) is 6. The van der Waals surface area contributed by atoms with Crippen LogP contribution in [0.5, 0.6) is 5.75 Å². The van der Waals surface area contributed by atoms with Gasteiger partial charge in [0.25, 0.3) is 5.91 Å². The van der Waals surface area contributed by atoms with Crippen LogP contribution < -0.4 is 10.1 Å². The molecule has 1 N–H and O–H groups in total. The fourth-order valence-corrected chi connectivity index (χ4v) is 1.88. The lowest BCUT2D eigenvalue weighted by Gasteiger charge is -2.21. The second-order valence-corrected chi connectivity index (χ2v) is 4.97. The topological polar surface area (TPSA) is 108 Å². The second-order valence-electron chi connectivity index (χ2n) is 4.97. The molecule has 0 aliphatic heterocycles. The maximum atomic E-state index is 11.9. The van der Waals surface area contributed by atoms with Gasteiger partial charge in [-0.15, -0.1) is 0 Å². The molecular formula is C15H20N2O6. The summed E-state index contributed by atoms with van der Waals surface area (Å²) < 4.78 is 9.85. The minimum Gasteiger partial charge on any atom is -0.477 e. The lowest BCUT2D eigenvalue weighted by atomic mass is 9.99. The molecular weight excluding hydrogens is 304 g/mol. The van der Waals surface area contributed by atoms with Crippen LogP contribution in [-0.2, 0) is 14.3 Å². The maximum Gasteiger partial charge on any atom is 0.328 e. The third-order valence-electron chi connectivity index (χ3n) is 3.41. The molecule has 0 aromatic heterocycles. The Morgan fingerprint density at radius 2 is 2.00 bits per heavy atom. The average Bonchev–Trinajstić information content (AvgIpc) is 2.56. The minimum atomic E-state index is -0.785. The van der Waals surface area contributed by atoms with Gasteiger partial charge >= 0.3 is 11.7 Å². The van der Waals surface area contributed by atoms with Crippen LogP contribution in [-0.4, -0.2) is 36.6 Å². The molecule has 0 aliphatic rings. The summed E-state index contributed by atoms with van der Waals surface area (Å²) in [7, 11) is 1.24. The number of amides is 1. The van der Waals surface area contributed by atoms with Gasteiger partial charge in [-0.05, 0) is 12.0 Å². The summed E-state index contributed by atoms with van der Waals surface area (Å²) in [5.41, 5.74) is -0.230. The van der Waals surface area contributed by atoms with Gasteiger partial charge in [0.2, 0.25) is 0 Å². The molecule has 0 fully saturated rings. The Morgan fingerprint density at radius 1 is 1.35 bits per heavy atom. The predicted molar refractivity (Wildman–Crippen MR) is 82.0 cm³/mol. The molecule has 0 heterocycles. The van der Waals surface area contributed by atoms with Gasteiger partial charge in [-0.2, -0.15) is 0 Å². The Kier molecular flexibility index (Phi) is 6.98. The highest BCUT2D eigenvalue weighted by molar-refractivity contribution is 5.85. The van der Waals surface area contributed by atoms with Crippen molar-refractivity contribution in [3.05, 3.63) is 34.4 Å². The number of nitrogens with one attached hydrogen (secondary N) is 1. The number of benzene rings is 1. The minimum absolute atomic E-state index is 0.00851. The fraction of sp³-hybridized carbons (Fsp3) is 0.467. The van der Waals surface area contributed by atoms with Crippen LogP contribution in [0.25, 0.3) is 0 Å². The molecule has 0 bridgehead atoms. The van der Waals surface area contributed by atoms with E-state index in [0.717, 1.165) is 0 Å². The van der Waals surface area contributed by atoms with Crippen molar-refractivity contribution in [1.29, 1.82) is 0 Å². The average molecular weight is 324 g/mol. The molecule has 1 aromatic rings. The molecule has 1 amide bonds. The molecule has 0 saturated heterocycles. The largest absolute Gasteiger partial charge is 0.477 e. The lowest BCUT2D eigenvalue weighted by molar-refractivity contribution is -0.385. The zero-order chi connectivity index (χ0) is 17.4. The van der Waals surface area contributed by atoms with E-state index >= 15 is 0 Å². The van der Waals surface area contributed by atoms with Crippen molar-refractivity contribution in [2.75, 3.05) is 13.7 Å². The summed E-state index contributed by atoms with van der Waals surface area (Å²) in [5.74, 6) is -1.22. The van der Waals surface area contributed by atoms with Crippen LogP contribution in [0.2, 0.25) is 0 Å². The normalized spacial score (nSPS) is 12.8. The number of nitrogens with zero attached hydrogens (tertiary/aromatic N) is 1. The Hall–Kier alpha value is -2.64. The van der Waals surface area contributed by atoms with E-state index < -0.39 is 29.4 Å². The van der Waals surface area contributed by atoms with Crippen LogP contribution in [0.1, 0.15) is 20.3 Å². The van der Waals surface area contributed by atoms with Crippen LogP contribution in [0, 0.1) is 16.0 Å². The molecule has 0 aliphatic carbocycles. The summed E-state index contributed by atoms with van der Waals surface area (Å²) in [6, 6.07) is 4.96. The summed E-state index contributed by atoms with van der Waals surface area (Å²) in [6.07, 6.45) is 0.672. The van der Waals surface area contributed by atoms with E-state index in [2.05, 4.69) is 10.1 Å². The summed E-state index contributed by atoms with van der Waals surface area (Å²) in [4.78, 5) is 33.9. The number of para-hydroxylation sites is 2. The van der Waals surface area contributed by atoms with Crippen LogP contribution in [0.4, 0.5) is 5.69 Å². The molecule has 126 valence electrons. The third kappa shape index (κ3) is 5.24. The van der Waals surface area contributed by atoms with Crippen molar-refractivity contribution < 1.29 is 24.0 Å². The van der Waals surface area contributed by atoms with E-state index in [-0.39, 0.29) is 17.4 Å². The number of hydrogen-bond donors (Lipinski definition) is 1. The van der Waals surface area contributed by atoms with Gasteiger partial charge in [0, 0.05) is 6.07 Å². The van der Waals surface area contributed by atoms with E-state index in [0.29, 0.717) is 6.42 Å². The Morgan fingerprint density at radius 3 is 2.57 bits per heavy atom. The summed E-state index contributed by atoms with van der Waals surface area (Å²) >= 11 is 0. The van der Waals surface area contributed by atoms with Gasteiger partial charge < -0.3 is 14.8 Å². The SMILES string of the molecule is CC[C@@H](C)[C@H](NC(=O)COc1ccccc1[N+](=O)[O-])C(=O)OC. The summed E-state index contributed by atoms with van der Waals surface area (Å²) in [6.45, 7) is 3.26. The molecule has 0 radical (unpaired) electrons. The molecule has 8 nitrogen and oxygen atoms in total. The molecule has 0 spiro atoms. The van der Waals surface area contributed by atoms with E-state index in [1.165, 1.54) is 25.3 Å². The molecule has 1 rings (SSSR count). The monoisotopic (exact) mass is 324 g/mol. The number of ether oxygens (including phenoxy) is 2. The van der Waals surface area contributed by atoms with Crippen molar-refractivity contribution in [2.45, 2.75) is 26.3 Å². The molecule has 2 atom stereocenters. The zero-order valence-corrected chi connectivity index (χ0v) is 13.3. The first-order valence-corrected chi connectivity index (χ1v) is 7.14. The summed E-state index contributed by atoms with van der Waals surface area (Å²) in [5, 5.41) is 13.4. The standard InChI is InChI=1S/C15H20N2O6/c1-4-10(2)14(15(19)22-3)16-13(18)9-23-12-8-6-5-7-11(12)17(20)21/h5-8,10,14H,4,9H2,1-3H3,(H,16,18)/t10-,14+/m1/s1. The smallest absolute Gasteiger partial charge is 0.328 e. The van der Waals surface area contributed by atoms with Crippen LogP contribution in [0.15, 0.2) is 24.3 Å². The highest BCUT2D eigenvalue weighted by atomic mass is 16.6. The van der Waals surface area contributed by atoms with Crippen molar-refractivity contribution in [3.8, 4) is 5.75 Å². The van der Waals surface area contributed by atoms with Gasteiger partial charge in [-0.1, -0.05) is 32.4 Å². The second kappa shape index (κ2) is 8.72. The van der Waals surface area contributed by atoms with Gasteiger partial charge in [0.15, 0.2) is 12.4 Å². The van der Waals surface area contributed by atoms with Crippen LogP contribution in [0.3, 0.4) is 0 Å². The van der Waals surface area contributed by atoms with Crippen molar-refractivity contribution in [2.24, 2.45) is 5.92 Å². The number of nitro benzene ring substituents is 1. The molecule has 8 heteroatoms. The van der Waals surface area contributed by atoms with Gasteiger partial charge in [-0.25, -0.2) is 4.79 Å². The molecule has 0 unspecified atom stereocenters. The van der Waals surface area contributed by atoms with Gasteiger partial charge in [0.05, 0.1) is 12.0 Å². The first-order valence-electron chi connectivity index (χ1n) is 7.14. The fourth-order valence-electron chi connectivity index (χ4n) is 1.88. The predicted octanol–water partition coefficient (Wildman–Crippen LogP) is 1.68. The highest BCUT2D eigenvalue weighted by Gasteiger charge is 2.27. The number of nitro groups is 1. The number of esters is 1. The maximum absolute atomic E-state index is 11.9.